The predicted octanol–water partition coefficient (Wildman–Crippen LogP) is 2.74. The highest BCUT2D eigenvalue weighted by Crippen LogP contribution is 2.53. The van der Waals surface area contributed by atoms with Crippen molar-refractivity contribution in [3.05, 3.63) is 42.7 Å². The van der Waals surface area contributed by atoms with Gasteiger partial charge in [-0.3, -0.25) is 4.79 Å². The molecular weight excluding hydrogens is 356 g/mol. The van der Waals surface area contributed by atoms with Crippen molar-refractivity contribution in [3.63, 3.8) is 0 Å². The van der Waals surface area contributed by atoms with Gasteiger partial charge in [0.25, 0.3) is 0 Å². The first-order valence-electron chi connectivity index (χ1n) is 9.67. The van der Waals surface area contributed by atoms with E-state index in [1.165, 1.54) is 12.8 Å². The fraction of sp³-hybridized carbons (Fsp3) is 0.400. The van der Waals surface area contributed by atoms with E-state index in [1.807, 2.05) is 41.4 Å². The molecule has 2 fully saturated rings. The zero-order valence-electron chi connectivity index (χ0n) is 15.5. The van der Waals surface area contributed by atoms with Gasteiger partial charge in [0.15, 0.2) is 0 Å². The van der Waals surface area contributed by atoms with E-state index in [4.69, 9.17) is 4.42 Å². The van der Waals surface area contributed by atoms with Crippen LogP contribution in [0.2, 0.25) is 0 Å². The van der Waals surface area contributed by atoms with Crippen molar-refractivity contribution in [3.8, 4) is 17.1 Å². The van der Waals surface area contributed by atoms with Crippen LogP contribution in [0.15, 0.2) is 47.1 Å². The number of benzene rings is 1. The Morgan fingerprint density at radius 3 is 2.57 bits per heavy atom. The van der Waals surface area contributed by atoms with E-state index < -0.39 is 0 Å². The molecule has 8 nitrogen and oxygen atoms in total. The first kappa shape index (κ1) is 17.0. The summed E-state index contributed by atoms with van der Waals surface area (Å²) in [6.45, 7) is 1.89. The molecule has 1 amide bonds. The average molecular weight is 378 g/mol. The normalized spacial score (nSPS) is 17.6. The van der Waals surface area contributed by atoms with Crippen molar-refractivity contribution in [2.24, 2.45) is 5.41 Å². The van der Waals surface area contributed by atoms with Crippen molar-refractivity contribution in [1.82, 2.24) is 24.9 Å². The molecule has 2 aromatic heterocycles. The molecule has 2 aliphatic rings. The summed E-state index contributed by atoms with van der Waals surface area (Å²) in [7, 11) is 0. The average Bonchev–Trinajstić information content (AvgIpc) is 3.16. The first-order valence-corrected chi connectivity index (χ1v) is 9.67. The largest absolute Gasteiger partial charge is 0.403 e. The lowest BCUT2D eigenvalue weighted by Gasteiger charge is -2.32. The maximum atomic E-state index is 12.4. The first-order chi connectivity index (χ1) is 13.7. The molecule has 1 aliphatic carbocycles. The van der Waals surface area contributed by atoms with Crippen molar-refractivity contribution in [2.75, 3.05) is 25.0 Å². The summed E-state index contributed by atoms with van der Waals surface area (Å²) in [5.74, 6) is 0.495. The van der Waals surface area contributed by atoms with Crippen molar-refractivity contribution in [1.29, 1.82) is 0 Å². The van der Waals surface area contributed by atoms with Crippen LogP contribution in [0, 0.1) is 5.41 Å². The monoisotopic (exact) mass is 378 g/mol. The van der Waals surface area contributed by atoms with Gasteiger partial charge in [-0.2, -0.15) is 5.10 Å². The van der Waals surface area contributed by atoms with E-state index in [2.05, 4.69) is 20.6 Å². The van der Waals surface area contributed by atoms with Gasteiger partial charge in [0.1, 0.15) is 0 Å². The molecule has 8 heteroatoms. The van der Waals surface area contributed by atoms with Crippen LogP contribution in [0.25, 0.3) is 17.1 Å². The molecule has 0 unspecified atom stereocenters. The number of rotatable bonds is 5. The molecular formula is C20H22N6O2. The lowest BCUT2D eigenvalue weighted by molar-refractivity contribution is -0.130. The van der Waals surface area contributed by atoms with Gasteiger partial charge in [-0.15, -0.1) is 5.10 Å². The van der Waals surface area contributed by atoms with Gasteiger partial charge in [-0.05, 0) is 61.4 Å². The van der Waals surface area contributed by atoms with E-state index in [0.717, 1.165) is 37.2 Å². The number of hydrogen-bond acceptors (Lipinski definition) is 6. The van der Waals surface area contributed by atoms with Gasteiger partial charge in [0.05, 0.1) is 12.2 Å². The Labute approximate surface area is 162 Å². The van der Waals surface area contributed by atoms with Crippen LogP contribution < -0.4 is 5.32 Å². The third-order valence-electron chi connectivity index (χ3n) is 5.83. The summed E-state index contributed by atoms with van der Waals surface area (Å²) >= 11 is 0. The highest BCUT2D eigenvalue weighted by Gasteiger charge is 2.44. The molecule has 1 saturated heterocycles. The molecule has 1 N–H and O–H groups in total. The van der Waals surface area contributed by atoms with Crippen molar-refractivity contribution < 1.29 is 9.21 Å². The van der Waals surface area contributed by atoms with E-state index in [-0.39, 0.29) is 18.5 Å². The summed E-state index contributed by atoms with van der Waals surface area (Å²) in [6.07, 6.45) is 8.56. The Balaban J connectivity index is 1.17. The standard InChI is InChI=1S/C20H22N6O2/c27-17(25-12-8-20(6-7-20)9-13-25)14-21-19-24-23-18(28-19)15-2-4-16(5-3-15)26-11-1-10-22-26/h1-5,10-11H,6-9,12-14H2,(H,21,24). The maximum absolute atomic E-state index is 12.4. The van der Waals surface area contributed by atoms with E-state index in [1.54, 1.807) is 10.9 Å². The SMILES string of the molecule is O=C(CNc1nnc(-c2ccc(-n3cccn3)cc2)o1)N1CCC2(CC1)CC2. The zero-order valence-corrected chi connectivity index (χ0v) is 15.5. The fourth-order valence-corrected chi connectivity index (χ4v) is 3.76. The van der Waals surface area contributed by atoms with Crippen molar-refractivity contribution >= 4 is 11.9 Å². The topological polar surface area (TPSA) is 89.1 Å². The zero-order chi connectivity index (χ0) is 19.0. The number of aromatic nitrogens is 4. The molecule has 5 rings (SSSR count). The third-order valence-corrected chi connectivity index (χ3v) is 5.83. The van der Waals surface area contributed by atoms with Gasteiger partial charge in [0.2, 0.25) is 11.8 Å². The molecule has 0 radical (unpaired) electrons. The summed E-state index contributed by atoms with van der Waals surface area (Å²) < 4.78 is 7.43. The number of hydrogen-bond donors (Lipinski definition) is 1. The number of carbonyl (C=O) groups is 1. The summed E-state index contributed by atoms with van der Waals surface area (Å²) in [5.41, 5.74) is 2.33. The second-order valence-electron chi connectivity index (χ2n) is 7.64. The van der Waals surface area contributed by atoms with Gasteiger partial charge < -0.3 is 14.6 Å². The lowest BCUT2D eigenvalue weighted by atomic mass is 9.94. The number of piperidine rings is 1. The van der Waals surface area contributed by atoms with Crippen LogP contribution in [0.4, 0.5) is 6.01 Å². The second-order valence-corrected chi connectivity index (χ2v) is 7.64. The van der Waals surface area contributed by atoms with Crippen LogP contribution in [0.1, 0.15) is 25.7 Å². The molecule has 28 heavy (non-hydrogen) atoms. The molecule has 1 spiro atoms. The number of likely N-dealkylation sites (tertiary alicyclic amines) is 1. The minimum atomic E-state index is 0.0822. The third kappa shape index (κ3) is 3.37. The number of carbonyl (C=O) groups excluding carboxylic acids is 1. The number of nitrogens with one attached hydrogen (secondary N) is 1. The minimum absolute atomic E-state index is 0.0822. The van der Waals surface area contributed by atoms with Gasteiger partial charge >= 0.3 is 6.01 Å². The van der Waals surface area contributed by atoms with Crippen LogP contribution in [0.3, 0.4) is 0 Å². The summed E-state index contributed by atoms with van der Waals surface area (Å²) in [4.78, 5) is 14.3. The molecule has 3 heterocycles. The van der Waals surface area contributed by atoms with Gasteiger partial charge in [0, 0.05) is 31.0 Å². The number of amides is 1. The minimum Gasteiger partial charge on any atom is -0.403 e. The highest BCUT2D eigenvalue weighted by molar-refractivity contribution is 5.80. The molecule has 0 bridgehead atoms. The Bertz CT molecular complexity index is 949. The second kappa shape index (κ2) is 6.78. The lowest BCUT2D eigenvalue weighted by Crippen LogP contribution is -2.41. The van der Waals surface area contributed by atoms with E-state index in [9.17, 15) is 4.79 Å². The molecule has 3 aromatic rings. The van der Waals surface area contributed by atoms with E-state index in [0.29, 0.717) is 11.3 Å². The Hall–Kier alpha value is -3.16. The molecule has 0 atom stereocenters. The summed E-state index contributed by atoms with van der Waals surface area (Å²) in [6, 6.07) is 9.81. The van der Waals surface area contributed by atoms with Crippen LogP contribution in [0.5, 0.6) is 0 Å². The molecule has 144 valence electrons. The Kier molecular flexibility index (Phi) is 4.11. The quantitative estimate of drug-likeness (QED) is 0.734. The molecule has 1 saturated carbocycles. The number of anilines is 1. The fourth-order valence-electron chi connectivity index (χ4n) is 3.76. The van der Waals surface area contributed by atoms with Crippen LogP contribution in [-0.2, 0) is 4.79 Å². The predicted molar refractivity (Wildman–Crippen MR) is 103 cm³/mol. The summed E-state index contributed by atoms with van der Waals surface area (Å²) in [5, 5.41) is 15.2. The number of nitrogens with zero attached hydrogens (tertiary/aromatic N) is 5. The maximum Gasteiger partial charge on any atom is 0.316 e. The Morgan fingerprint density at radius 1 is 1.11 bits per heavy atom. The van der Waals surface area contributed by atoms with Crippen LogP contribution >= 0.6 is 0 Å². The highest BCUT2D eigenvalue weighted by atomic mass is 16.4. The van der Waals surface area contributed by atoms with Gasteiger partial charge in [-0.1, -0.05) is 5.10 Å². The molecule has 1 aliphatic heterocycles. The van der Waals surface area contributed by atoms with Gasteiger partial charge in [-0.25, -0.2) is 4.68 Å². The Morgan fingerprint density at radius 2 is 1.89 bits per heavy atom. The van der Waals surface area contributed by atoms with E-state index >= 15 is 0 Å². The smallest absolute Gasteiger partial charge is 0.316 e. The van der Waals surface area contributed by atoms with Crippen LogP contribution in [-0.4, -0.2) is 50.4 Å². The molecule has 1 aromatic carbocycles. The van der Waals surface area contributed by atoms with Crippen molar-refractivity contribution in [2.45, 2.75) is 25.7 Å².